The predicted octanol–water partition coefficient (Wildman–Crippen LogP) is 5.65. The minimum Gasteiger partial charge on any atom is -0.236 e. The van der Waals surface area contributed by atoms with Crippen molar-refractivity contribution in [1.29, 1.82) is 0 Å². The molecular formula is C16H34O2. The Labute approximate surface area is 114 Å². The Morgan fingerprint density at radius 2 is 1.28 bits per heavy atom. The third kappa shape index (κ3) is 12.4. The van der Waals surface area contributed by atoms with Gasteiger partial charge in [0.25, 0.3) is 0 Å². The third-order valence-corrected chi connectivity index (χ3v) is 3.29. The van der Waals surface area contributed by atoms with E-state index in [4.69, 9.17) is 9.78 Å². The van der Waals surface area contributed by atoms with Crippen molar-refractivity contribution in [1.82, 2.24) is 0 Å². The lowest BCUT2D eigenvalue weighted by Crippen LogP contribution is -2.14. The third-order valence-electron chi connectivity index (χ3n) is 3.29. The van der Waals surface area contributed by atoms with Gasteiger partial charge in [-0.1, -0.05) is 72.1 Å². The highest BCUT2D eigenvalue weighted by atomic mass is 17.2. The number of unbranched alkanes of at least 4 members (excludes halogenated alkanes) is 6. The van der Waals surface area contributed by atoms with Crippen LogP contribution in [0.1, 0.15) is 91.4 Å². The van der Waals surface area contributed by atoms with Crippen LogP contribution in [-0.4, -0.2) is 12.7 Å². The van der Waals surface area contributed by atoms with Gasteiger partial charge in [0.05, 0.1) is 12.7 Å². The molecule has 1 unspecified atom stereocenters. The van der Waals surface area contributed by atoms with E-state index in [0.29, 0.717) is 6.10 Å². The largest absolute Gasteiger partial charge is 0.236 e. The summed E-state index contributed by atoms with van der Waals surface area (Å²) < 4.78 is 0. The van der Waals surface area contributed by atoms with Crippen molar-refractivity contribution >= 4 is 0 Å². The summed E-state index contributed by atoms with van der Waals surface area (Å²) in [6, 6.07) is 0. The first-order valence-corrected chi connectivity index (χ1v) is 8.13. The fourth-order valence-electron chi connectivity index (χ4n) is 2.00. The lowest BCUT2D eigenvalue weighted by atomic mass is 10.0. The zero-order valence-corrected chi connectivity index (χ0v) is 12.9. The Morgan fingerprint density at radius 3 is 1.94 bits per heavy atom. The van der Waals surface area contributed by atoms with Crippen molar-refractivity contribution in [2.24, 2.45) is 0 Å². The maximum absolute atomic E-state index is 5.55. The second-order valence-corrected chi connectivity index (χ2v) is 5.24. The van der Waals surface area contributed by atoms with Gasteiger partial charge in [0.1, 0.15) is 0 Å². The molecule has 0 aliphatic heterocycles. The second kappa shape index (κ2) is 15.0. The maximum atomic E-state index is 5.55. The molecule has 0 amide bonds. The molecule has 0 rings (SSSR count). The minimum atomic E-state index is 0.323. The van der Waals surface area contributed by atoms with Crippen LogP contribution in [0.4, 0.5) is 0 Å². The molecule has 0 aliphatic carbocycles. The van der Waals surface area contributed by atoms with Gasteiger partial charge in [0, 0.05) is 0 Å². The fraction of sp³-hybridized carbons (Fsp3) is 1.00. The molecule has 2 heteroatoms. The van der Waals surface area contributed by atoms with E-state index in [0.717, 1.165) is 25.9 Å². The summed E-state index contributed by atoms with van der Waals surface area (Å²) in [5.74, 6) is 0. The SMILES string of the molecule is CCCCCCCC(CCCC)OOCCCC. The molecule has 2 nitrogen and oxygen atoms in total. The highest BCUT2D eigenvalue weighted by Crippen LogP contribution is 2.15. The highest BCUT2D eigenvalue weighted by Gasteiger charge is 2.09. The van der Waals surface area contributed by atoms with Crippen molar-refractivity contribution in [2.45, 2.75) is 97.5 Å². The average molecular weight is 258 g/mol. The van der Waals surface area contributed by atoms with Crippen LogP contribution in [0.25, 0.3) is 0 Å². The summed E-state index contributed by atoms with van der Waals surface area (Å²) in [5.41, 5.74) is 0. The van der Waals surface area contributed by atoms with E-state index in [9.17, 15) is 0 Å². The molecule has 18 heavy (non-hydrogen) atoms. The zero-order chi connectivity index (χ0) is 13.5. The standard InChI is InChI=1S/C16H34O2/c1-4-7-10-11-12-14-16(13-8-5-2)18-17-15-9-6-3/h16H,4-15H2,1-3H3. The van der Waals surface area contributed by atoms with Gasteiger partial charge in [0.15, 0.2) is 0 Å². The smallest absolute Gasteiger partial charge is 0.0930 e. The molecule has 110 valence electrons. The first kappa shape index (κ1) is 17.9. The molecular weight excluding hydrogens is 224 g/mol. The van der Waals surface area contributed by atoms with Gasteiger partial charge in [-0.3, -0.25) is 0 Å². The summed E-state index contributed by atoms with van der Waals surface area (Å²) in [6.07, 6.45) is 14.1. The number of rotatable bonds is 14. The van der Waals surface area contributed by atoms with E-state index in [-0.39, 0.29) is 0 Å². The van der Waals surface area contributed by atoms with E-state index in [1.807, 2.05) is 0 Å². The molecule has 0 aromatic rings. The molecule has 0 aromatic carbocycles. The molecule has 0 N–H and O–H groups in total. The Bertz CT molecular complexity index is 148. The second-order valence-electron chi connectivity index (χ2n) is 5.24. The van der Waals surface area contributed by atoms with Crippen LogP contribution >= 0.6 is 0 Å². The first-order valence-electron chi connectivity index (χ1n) is 8.13. The van der Waals surface area contributed by atoms with Gasteiger partial charge >= 0.3 is 0 Å². The topological polar surface area (TPSA) is 18.5 Å². The summed E-state index contributed by atoms with van der Waals surface area (Å²) >= 11 is 0. The van der Waals surface area contributed by atoms with Gasteiger partial charge in [-0.05, 0) is 19.3 Å². The molecule has 0 aromatic heterocycles. The van der Waals surface area contributed by atoms with E-state index >= 15 is 0 Å². The van der Waals surface area contributed by atoms with Crippen LogP contribution in [0.15, 0.2) is 0 Å². The van der Waals surface area contributed by atoms with Crippen molar-refractivity contribution in [3.8, 4) is 0 Å². The monoisotopic (exact) mass is 258 g/mol. The normalized spacial score (nSPS) is 12.8. The van der Waals surface area contributed by atoms with Crippen LogP contribution in [-0.2, 0) is 9.78 Å². The molecule has 0 heterocycles. The van der Waals surface area contributed by atoms with Crippen LogP contribution < -0.4 is 0 Å². The van der Waals surface area contributed by atoms with Crippen LogP contribution in [0.5, 0.6) is 0 Å². The van der Waals surface area contributed by atoms with Gasteiger partial charge in [-0.2, -0.15) is 0 Å². The van der Waals surface area contributed by atoms with Crippen LogP contribution in [0, 0.1) is 0 Å². The van der Waals surface area contributed by atoms with Crippen molar-refractivity contribution in [3.63, 3.8) is 0 Å². The average Bonchev–Trinajstić information content (AvgIpc) is 2.39. The Morgan fingerprint density at radius 1 is 0.667 bits per heavy atom. The van der Waals surface area contributed by atoms with Gasteiger partial charge in [-0.25, -0.2) is 9.78 Å². The van der Waals surface area contributed by atoms with Gasteiger partial charge in [0.2, 0.25) is 0 Å². The summed E-state index contributed by atoms with van der Waals surface area (Å²) in [5, 5.41) is 0. The van der Waals surface area contributed by atoms with Crippen molar-refractivity contribution < 1.29 is 9.78 Å². The molecule has 0 aliphatic rings. The summed E-state index contributed by atoms with van der Waals surface area (Å²) in [6.45, 7) is 7.41. The Balaban J connectivity index is 3.56. The number of hydrogen-bond donors (Lipinski definition) is 0. The minimum absolute atomic E-state index is 0.323. The highest BCUT2D eigenvalue weighted by molar-refractivity contribution is 4.57. The molecule has 0 saturated heterocycles. The Hall–Kier alpha value is -0.0800. The molecule has 0 spiro atoms. The van der Waals surface area contributed by atoms with Gasteiger partial charge < -0.3 is 0 Å². The molecule has 0 bridgehead atoms. The molecule has 0 fully saturated rings. The quantitative estimate of drug-likeness (QED) is 0.227. The van der Waals surface area contributed by atoms with Gasteiger partial charge in [-0.15, -0.1) is 0 Å². The molecule has 0 radical (unpaired) electrons. The lowest BCUT2D eigenvalue weighted by Gasteiger charge is -2.16. The Kier molecular flexibility index (Phi) is 14.9. The van der Waals surface area contributed by atoms with Crippen LogP contribution in [0.2, 0.25) is 0 Å². The maximum Gasteiger partial charge on any atom is 0.0930 e. The number of hydrogen-bond acceptors (Lipinski definition) is 2. The molecule has 1 atom stereocenters. The van der Waals surface area contributed by atoms with Crippen molar-refractivity contribution in [3.05, 3.63) is 0 Å². The zero-order valence-electron chi connectivity index (χ0n) is 12.9. The lowest BCUT2D eigenvalue weighted by molar-refractivity contribution is -0.326. The van der Waals surface area contributed by atoms with E-state index < -0.39 is 0 Å². The van der Waals surface area contributed by atoms with E-state index in [2.05, 4.69) is 20.8 Å². The van der Waals surface area contributed by atoms with E-state index in [1.54, 1.807) is 0 Å². The summed E-state index contributed by atoms with van der Waals surface area (Å²) in [4.78, 5) is 10.9. The fourth-order valence-corrected chi connectivity index (χ4v) is 2.00. The van der Waals surface area contributed by atoms with Crippen molar-refractivity contribution in [2.75, 3.05) is 6.61 Å². The predicted molar refractivity (Wildman–Crippen MR) is 78.6 cm³/mol. The first-order chi connectivity index (χ1) is 8.85. The summed E-state index contributed by atoms with van der Waals surface area (Å²) in [7, 11) is 0. The van der Waals surface area contributed by atoms with E-state index in [1.165, 1.54) is 51.4 Å². The molecule has 0 saturated carbocycles. The van der Waals surface area contributed by atoms with Crippen LogP contribution in [0.3, 0.4) is 0 Å².